The van der Waals surface area contributed by atoms with Gasteiger partial charge in [-0.25, -0.2) is 9.79 Å². The molecule has 0 fully saturated rings. The van der Waals surface area contributed by atoms with Crippen molar-refractivity contribution < 1.29 is 19.0 Å². The summed E-state index contributed by atoms with van der Waals surface area (Å²) >= 11 is 1.29. The number of fused-ring (bicyclic) bond motifs is 1. The van der Waals surface area contributed by atoms with E-state index in [0.717, 1.165) is 16.7 Å². The number of aromatic nitrogens is 1. The Morgan fingerprint density at radius 2 is 1.72 bits per heavy atom. The van der Waals surface area contributed by atoms with Crippen LogP contribution in [-0.2, 0) is 16.1 Å². The monoisotopic (exact) mass is 596 g/mol. The smallest absolute Gasteiger partial charge is 0.338 e. The maximum atomic E-state index is 14.0. The van der Waals surface area contributed by atoms with Crippen LogP contribution in [-0.4, -0.2) is 23.8 Å². The number of nitrogens with zero attached hydrogens (tertiary/aromatic N) is 2. The highest BCUT2D eigenvalue weighted by molar-refractivity contribution is 7.07. The maximum Gasteiger partial charge on any atom is 0.338 e. The van der Waals surface area contributed by atoms with Gasteiger partial charge in [0, 0.05) is 0 Å². The van der Waals surface area contributed by atoms with E-state index in [1.807, 2.05) is 85.8 Å². The molecule has 0 saturated carbocycles. The molecule has 4 aromatic rings. The van der Waals surface area contributed by atoms with Crippen molar-refractivity contribution in [2.75, 3.05) is 13.2 Å². The molecule has 0 spiro atoms. The predicted molar refractivity (Wildman–Crippen MR) is 169 cm³/mol. The molecule has 1 aromatic heterocycles. The summed E-state index contributed by atoms with van der Waals surface area (Å²) in [6.45, 7) is 10.9. The van der Waals surface area contributed by atoms with Gasteiger partial charge in [-0.15, -0.1) is 0 Å². The molecule has 43 heavy (non-hydrogen) atoms. The number of carbonyl (C=O) groups excluding carboxylic acids is 1. The lowest BCUT2D eigenvalue weighted by molar-refractivity contribution is -0.139. The molecule has 1 aliphatic heterocycles. The van der Waals surface area contributed by atoms with Crippen molar-refractivity contribution in [3.05, 3.63) is 126 Å². The van der Waals surface area contributed by atoms with E-state index >= 15 is 0 Å². The fraction of sp³-hybridized carbons (Fsp3) is 0.286. The van der Waals surface area contributed by atoms with E-state index in [1.165, 1.54) is 16.9 Å². The number of carbonyl (C=O) groups is 1. The lowest BCUT2D eigenvalue weighted by Crippen LogP contribution is -2.39. The largest absolute Gasteiger partial charge is 0.490 e. The van der Waals surface area contributed by atoms with Gasteiger partial charge in [0.2, 0.25) is 0 Å². The normalized spacial score (nSPS) is 14.8. The van der Waals surface area contributed by atoms with Crippen LogP contribution < -0.4 is 24.4 Å². The van der Waals surface area contributed by atoms with Gasteiger partial charge in [-0.05, 0) is 67.2 Å². The first-order valence-electron chi connectivity index (χ1n) is 14.5. The zero-order valence-corrected chi connectivity index (χ0v) is 25.9. The molecule has 1 aliphatic rings. The summed E-state index contributed by atoms with van der Waals surface area (Å²) < 4.78 is 19.5. The minimum absolute atomic E-state index is 0.224. The van der Waals surface area contributed by atoms with Gasteiger partial charge in [-0.2, -0.15) is 0 Å². The Labute approximate surface area is 255 Å². The summed E-state index contributed by atoms with van der Waals surface area (Å²) in [5, 5.41) is 0. The molecule has 0 aliphatic carbocycles. The van der Waals surface area contributed by atoms with E-state index in [1.54, 1.807) is 18.4 Å². The van der Waals surface area contributed by atoms with E-state index < -0.39 is 12.0 Å². The summed E-state index contributed by atoms with van der Waals surface area (Å²) in [7, 11) is 0. The van der Waals surface area contributed by atoms with E-state index in [0.29, 0.717) is 51.2 Å². The summed E-state index contributed by atoms with van der Waals surface area (Å²) in [5.41, 5.74) is 4.54. The predicted octanol–water partition coefficient (Wildman–Crippen LogP) is 5.90. The van der Waals surface area contributed by atoms with Crippen LogP contribution in [0.3, 0.4) is 0 Å². The number of allylic oxidation sites excluding steroid dienone is 1. The fourth-order valence-corrected chi connectivity index (χ4v) is 6.11. The lowest BCUT2D eigenvalue weighted by Gasteiger charge is -2.25. The number of rotatable bonds is 10. The molecule has 2 heterocycles. The van der Waals surface area contributed by atoms with Crippen molar-refractivity contribution in [2.24, 2.45) is 4.99 Å². The van der Waals surface area contributed by atoms with Gasteiger partial charge in [0.15, 0.2) is 16.3 Å². The number of esters is 1. The maximum absolute atomic E-state index is 14.0. The highest BCUT2D eigenvalue weighted by Gasteiger charge is 2.33. The van der Waals surface area contributed by atoms with Crippen LogP contribution in [0.4, 0.5) is 0 Å². The Balaban J connectivity index is 1.56. The molecule has 1 atom stereocenters. The van der Waals surface area contributed by atoms with Crippen LogP contribution in [0.1, 0.15) is 68.8 Å². The standard InChI is InChI=1S/C35H36N2O5S/c1-6-40-29-19-25(13-18-28(29)42-21-24-11-9-8-10-12-24)20-30-33(38)37-32(27-16-14-26(15-17-27)22(3)4)31(34(39)41-7-2)23(5)36-35(37)43-30/h8-20,22,32H,6-7,21H2,1-5H3/b30-20-. The summed E-state index contributed by atoms with van der Waals surface area (Å²) in [6.07, 6.45) is 1.83. The van der Waals surface area contributed by atoms with Crippen LogP contribution in [0.2, 0.25) is 0 Å². The Hall–Kier alpha value is -4.43. The van der Waals surface area contributed by atoms with Crippen molar-refractivity contribution in [2.45, 2.75) is 53.2 Å². The summed E-state index contributed by atoms with van der Waals surface area (Å²) in [5.74, 6) is 1.12. The molecular weight excluding hydrogens is 560 g/mol. The first-order chi connectivity index (χ1) is 20.8. The molecule has 8 heteroatoms. The molecule has 0 amide bonds. The van der Waals surface area contributed by atoms with Crippen LogP contribution in [0.5, 0.6) is 11.5 Å². The molecule has 0 N–H and O–H groups in total. The van der Waals surface area contributed by atoms with Gasteiger partial charge in [0.1, 0.15) is 6.61 Å². The molecule has 1 unspecified atom stereocenters. The van der Waals surface area contributed by atoms with Gasteiger partial charge in [-0.1, -0.05) is 85.8 Å². The van der Waals surface area contributed by atoms with Gasteiger partial charge in [0.05, 0.1) is 35.1 Å². The summed E-state index contributed by atoms with van der Waals surface area (Å²) in [4.78, 5) is 32.4. The molecular formula is C35H36N2O5S. The van der Waals surface area contributed by atoms with E-state index in [-0.39, 0.29) is 12.2 Å². The van der Waals surface area contributed by atoms with E-state index in [9.17, 15) is 9.59 Å². The molecule has 5 rings (SSSR count). The van der Waals surface area contributed by atoms with Crippen molar-refractivity contribution in [3.63, 3.8) is 0 Å². The average Bonchev–Trinajstić information content (AvgIpc) is 3.30. The lowest BCUT2D eigenvalue weighted by atomic mass is 9.93. The first-order valence-corrected chi connectivity index (χ1v) is 15.3. The minimum atomic E-state index is -0.647. The zero-order valence-electron chi connectivity index (χ0n) is 25.1. The number of hydrogen-bond donors (Lipinski definition) is 0. The van der Waals surface area contributed by atoms with Crippen LogP contribution >= 0.6 is 11.3 Å². The van der Waals surface area contributed by atoms with E-state index in [2.05, 4.69) is 18.8 Å². The quantitative estimate of drug-likeness (QED) is 0.213. The highest BCUT2D eigenvalue weighted by Crippen LogP contribution is 2.32. The number of ether oxygens (including phenoxy) is 3. The SMILES string of the molecule is CCOC(=O)C1=C(C)N=c2s/c(=C\c3ccc(OCc4ccccc4)c(OCC)c3)c(=O)n2C1c1ccc(C(C)C)cc1. The Morgan fingerprint density at radius 1 is 0.977 bits per heavy atom. The molecule has 7 nitrogen and oxygen atoms in total. The number of benzene rings is 3. The second kappa shape index (κ2) is 13.3. The van der Waals surface area contributed by atoms with Crippen molar-refractivity contribution in [3.8, 4) is 11.5 Å². The topological polar surface area (TPSA) is 79.1 Å². The van der Waals surface area contributed by atoms with Crippen molar-refractivity contribution in [1.82, 2.24) is 4.57 Å². The van der Waals surface area contributed by atoms with Crippen LogP contribution in [0.15, 0.2) is 93.9 Å². The Kier molecular flexibility index (Phi) is 9.26. The molecule has 222 valence electrons. The summed E-state index contributed by atoms with van der Waals surface area (Å²) in [6, 6.07) is 23.0. The third-order valence-electron chi connectivity index (χ3n) is 7.24. The Morgan fingerprint density at radius 3 is 2.40 bits per heavy atom. The number of hydrogen-bond acceptors (Lipinski definition) is 7. The molecule has 0 saturated heterocycles. The van der Waals surface area contributed by atoms with Crippen molar-refractivity contribution >= 4 is 23.4 Å². The highest BCUT2D eigenvalue weighted by atomic mass is 32.1. The molecule has 0 radical (unpaired) electrons. The third kappa shape index (κ3) is 6.49. The van der Waals surface area contributed by atoms with Gasteiger partial charge < -0.3 is 14.2 Å². The van der Waals surface area contributed by atoms with Gasteiger partial charge >= 0.3 is 5.97 Å². The van der Waals surface area contributed by atoms with Crippen LogP contribution in [0, 0.1) is 0 Å². The molecule has 3 aromatic carbocycles. The van der Waals surface area contributed by atoms with E-state index in [4.69, 9.17) is 14.2 Å². The third-order valence-corrected chi connectivity index (χ3v) is 8.22. The average molecular weight is 597 g/mol. The second-order valence-corrected chi connectivity index (χ2v) is 11.5. The fourth-order valence-electron chi connectivity index (χ4n) is 5.06. The first kappa shape index (κ1) is 30.0. The molecule has 0 bridgehead atoms. The van der Waals surface area contributed by atoms with Crippen molar-refractivity contribution in [1.29, 1.82) is 0 Å². The van der Waals surface area contributed by atoms with Gasteiger partial charge in [-0.3, -0.25) is 9.36 Å². The van der Waals surface area contributed by atoms with Crippen LogP contribution in [0.25, 0.3) is 6.08 Å². The zero-order chi connectivity index (χ0) is 30.5. The second-order valence-electron chi connectivity index (χ2n) is 10.5. The Bertz CT molecular complexity index is 1820. The minimum Gasteiger partial charge on any atom is -0.490 e. The van der Waals surface area contributed by atoms with Gasteiger partial charge in [0.25, 0.3) is 5.56 Å². The number of thiazole rings is 1.